The summed E-state index contributed by atoms with van der Waals surface area (Å²) in [4.78, 5) is 6.35. The third kappa shape index (κ3) is 3.03. The summed E-state index contributed by atoms with van der Waals surface area (Å²) < 4.78 is 0. The molecule has 1 aromatic heterocycles. The second-order valence-corrected chi connectivity index (χ2v) is 8.30. The number of aromatic nitrogens is 1. The molecule has 1 aromatic rings. The van der Waals surface area contributed by atoms with Gasteiger partial charge in [-0.05, 0) is 51.9 Å². The van der Waals surface area contributed by atoms with Crippen LogP contribution >= 0.6 is 11.3 Å². The van der Waals surface area contributed by atoms with Gasteiger partial charge in [0.25, 0.3) is 0 Å². The molecule has 2 nitrogen and oxygen atoms in total. The number of nitrogens with one attached hydrogen (secondary N) is 1. The quantitative estimate of drug-likeness (QED) is 0.883. The highest BCUT2D eigenvalue weighted by molar-refractivity contribution is 7.11. The zero-order valence-corrected chi connectivity index (χ0v) is 14.1. The topological polar surface area (TPSA) is 24.9 Å². The van der Waals surface area contributed by atoms with Gasteiger partial charge in [-0.15, -0.1) is 11.3 Å². The highest BCUT2D eigenvalue weighted by Gasteiger charge is 2.46. The molecule has 1 unspecified atom stereocenters. The van der Waals surface area contributed by atoms with Crippen LogP contribution in [0.4, 0.5) is 0 Å². The minimum atomic E-state index is 0.112. The Morgan fingerprint density at radius 3 is 2.42 bits per heavy atom. The van der Waals surface area contributed by atoms with E-state index in [4.69, 9.17) is 4.98 Å². The molecule has 0 aromatic carbocycles. The second-order valence-electron chi connectivity index (χ2n) is 7.10. The van der Waals surface area contributed by atoms with E-state index < -0.39 is 0 Å². The summed E-state index contributed by atoms with van der Waals surface area (Å²) in [5.74, 6) is 0. The summed E-state index contributed by atoms with van der Waals surface area (Å²) in [7, 11) is 0. The Labute approximate surface area is 122 Å². The SMILES string of the molecule is CCc1nc(C2(NC(C)C)CCC(C)(C)C2)sc1C. The van der Waals surface area contributed by atoms with Gasteiger partial charge in [0.1, 0.15) is 5.01 Å². The van der Waals surface area contributed by atoms with Crippen LogP contribution in [0.5, 0.6) is 0 Å². The number of thiazole rings is 1. The fraction of sp³-hybridized carbons (Fsp3) is 0.812. The van der Waals surface area contributed by atoms with E-state index in [-0.39, 0.29) is 5.54 Å². The summed E-state index contributed by atoms with van der Waals surface area (Å²) in [6.07, 6.45) is 4.75. The van der Waals surface area contributed by atoms with Gasteiger partial charge in [0.2, 0.25) is 0 Å². The normalized spacial score (nSPS) is 26.3. The molecule has 1 fully saturated rings. The fourth-order valence-electron chi connectivity index (χ4n) is 3.43. The zero-order chi connectivity index (χ0) is 14.3. The third-order valence-electron chi connectivity index (χ3n) is 4.21. The lowest BCUT2D eigenvalue weighted by Crippen LogP contribution is -2.44. The Balaban J connectivity index is 2.37. The predicted molar refractivity (Wildman–Crippen MR) is 83.8 cm³/mol. The Bertz CT molecular complexity index is 448. The van der Waals surface area contributed by atoms with Crippen LogP contribution in [-0.4, -0.2) is 11.0 Å². The van der Waals surface area contributed by atoms with E-state index in [1.54, 1.807) is 0 Å². The van der Waals surface area contributed by atoms with Crippen molar-refractivity contribution in [1.82, 2.24) is 10.3 Å². The summed E-state index contributed by atoms with van der Waals surface area (Å²) in [6, 6.07) is 0.503. The molecular formula is C16H28N2S. The molecule has 0 aliphatic heterocycles. The van der Waals surface area contributed by atoms with Crippen molar-refractivity contribution >= 4 is 11.3 Å². The lowest BCUT2D eigenvalue weighted by atomic mass is 9.87. The molecule has 108 valence electrons. The maximum atomic E-state index is 4.96. The van der Waals surface area contributed by atoms with Crippen molar-refractivity contribution in [2.24, 2.45) is 5.41 Å². The molecule has 0 saturated heterocycles. The summed E-state index contributed by atoms with van der Waals surface area (Å²) in [6.45, 7) is 13.7. The fourth-order valence-corrected chi connectivity index (χ4v) is 4.61. The molecule has 1 heterocycles. The van der Waals surface area contributed by atoms with E-state index in [0.29, 0.717) is 11.5 Å². The van der Waals surface area contributed by atoms with Gasteiger partial charge in [0, 0.05) is 10.9 Å². The average Bonchev–Trinajstić information content (AvgIpc) is 2.80. The van der Waals surface area contributed by atoms with Crippen molar-refractivity contribution in [3.05, 3.63) is 15.6 Å². The van der Waals surface area contributed by atoms with E-state index in [1.165, 1.54) is 34.8 Å². The van der Waals surface area contributed by atoms with Gasteiger partial charge in [-0.3, -0.25) is 0 Å². The molecule has 0 radical (unpaired) electrons. The van der Waals surface area contributed by atoms with Crippen LogP contribution in [0, 0.1) is 12.3 Å². The molecule has 1 atom stereocenters. The van der Waals surface area contributed by atoms with Crippen molar-refractivity contribution < 1.29 is 0 Å². The Kier molecular flexibility index (Phi) is 4.08. The predicted octanol–water partition coefficient (Wildman–Crippen LogP) is 4.42. The van der Waals surface area contributed by atoms with Crippen LogP contribution in [0.3, 0.4) is 0 Å². The van der Waals surface area contributed by atoms with Crippen LogP contribution in [0.15, 0.2) is 0 Å². The van der Waals surface area contributed by atoms with Crippen molar-refractivity contribution in [3.63, 3.8) is 0 Å². The van der Waals surface area contributed by atoms with Crippen molar-refractivity contribution in [2.75, 3.05) is 0 Å². The molecular weight excluding hydrogens is 252 g/mol. The Morgan fingerprint density at radius 1 is 1.32 bits per heavy atom. The van der Waals surface area contributed by atoms with Crippen LogP contribution in [0.1, 0.15) is 69.5 Å². The molecule has 1 aliphatic rings. The Morgan fingerprint density at radius 2 is 2.00 bits per heavy atom. The number of nitrogens with zero attached hydrogens (tertiary/aromatic N) is 1. The summed E-state index contributed by atoms with van der Waals surface area (Å²) >= 11 is 1.90. The van der Waals surface area contributed by atoms with Gasteiger partial charge in [-0.1, -0.05) is 20.8 Å². The minimum Gasteiger partial charge on any atom is -0.303 e. The molecule has 1 saturated carbocycles. The molecule has 0 amide bonds. The van der Waals surface area contributed by atoms with Crippen molar-refractivity contribution in [2.45, 2.75) is 78.8 Å². The molecule has 3 heteroatoms. The minimum absolute atomic E-state index is 0.112. The maximum Gasteiger partial charge on any atom is 0.113 e. The van der Waals surface area contributed by atoms with Crippen molar-refractivity contribution in [1.29, 1.82) is 0 Å². The molecule has 2 rings (SSSR count). The maximum absolute atomic E-state index is 4.96. The monoisotopic (exact) mass is 280 g/mol. The second kappa shape index (κ2) is 5.17. The molecule has 1 aliphatic carbocycles. The number of hydrogen-bond acceptors (Lipinski definition) is 3. The molecule has 1 N–H and O–H groups in total. The van der Waals surface area contributed by atoms with Gasteiger partial charge < -0.3 is 5.32 Å². The van der Waals surface area contributed by atoms with Gasteiger partial charge in [-0.25, -0.2) is 4.98 Å². The number of hydrogen-bond donors (Lipinski definition) is 1. The molecule has 0 spiro atoms. The third-order valence-corrected chi connectivity index (χ3v) is 5.43. The van der Waals surface area contributed by atoms with Gasteiger partial charge in [-0.2, -0.15) is 0 Å². The van der Waals surface area contributed by atoms with E-state index >= 15 is 0 Å². The number of rotatable bonds is 4. The van der Waals surface area contributed by atoms with Crippen molar-refractivity contribution in [3.8, 4) is 0 Å². The van der Waals surface area contributed by atoms with Crippen LogP contribution in [0.2, 0.25) is 0 Å². The lowest BCUT2D eigenvalue weighted by molar-refractivity contribution is 0.270. The van der Waals surface area contributed by atoms with Gasteiger partial charge in [0.15, 0.2) is 0 Å². The van der Waals surface area contributed by atoms with E-state index in [0.717, 1.165) is 6.42 Å². The summed E-state index contributed by atoms with van der Waals surface area (Å²) in [5.41, 5.74) is 1.82. The van der Waals surface area contributed by atoms with Crippen LogP contribution < -0.4 is 5.32 Å². The first-order valence-electron chi connectivity index (χ1n) is 7.52. The van der Waals surface area contributed by atoms with E-state index in [1.807, 2.05) is 11.3 Å². The average molecular weight is 280 g/mol. The van der Waals surface area contributed by atoms with Crippen LogP contribution in [0.25, 0.3) is 0 Å². The number of aryl methyl sites for hydroxylation is 2. The van der Waals surface area contributed by atoms with E-state index in [2.05, 4.69) is 46.9 Å². The highest BCUT2D eigenvalue weighted by Crippen LogP contribution is 2.50. The van der Waals surface area contributed by atoms with Gasteiger partial charge >= 0.3 is 0 Å². The van der Waals surface area contributed by atoms with Gasteiger partial charge in [0.05, 0.1) is 11.2 Å². The zero-order valence-electron chi connectivity index (χ0n) is 13.3. The molecule has 0 bridgehead atoms. The van der Waals surface area contributed by atoms with E-state index in [9.17, 15) is 0 Å². The first kappa shape index (κ1) is 15.0. The first-order chi connectivity index (χ1) is 8.78. The smallest absolute Gasteiger partial charge is 0.113 e. The largest absolute Gasteiger partial charge is 0.303 e. The first-order valence-corrected chi connectivity index (χ1v) is 8.34. The Hall–Kier alpha value is -0.410. The van der Waals surface area contributed by atoms with Crippen LogP contribution in [-0.2, 0) is 12.0 Å². The standard InChI is InChI=1S/C16H28N2S/c1-7-13-12(4)19-14(17-13)16(18-11(2)3)9-8-15(5,6)10-16/h11,18H,7-10H2,1-6H3. The molecule has 19 heavy (non-hydrogen) atoms. The lowest BCUT2D eigenvalue weighted by Gasteiger charge is -2.32. The summed E-state index contributed by atoms with van der Waals surface area (Å²) in [5, 5.41) is 5.16. The highest BCUT2D eigenvalue weighted by atomic mass is 32.1.